The lowest BCUT2D eigenvalue weighted by Gasteiger charge is -1.98. The van der Waals surface area contributed by atoms with Crippen LogP contribution < -0.4 is 4.74 Å². The Bertz CT molecular complexity index is 400. The zero-order valence-corrected chi connectivity index (χ0v) is 6.61. The average molecular weight is 159 g/mol. The maximum Gasteiger partial charge on any atom is 0.233 e. The minimum Gasteiger partial charge on any atom is -0.480 e. The van der Waals surface area contributed by atoms with Crippen molar-refractivity contribution in [2.45, 2.75) is 0 Å². The van der Waals surface area contributed by atoms with Gasteiger partial charge >= 0.3 is 0 Å². The Kier molecular flexibility index (Phi) is 1.63. The molecule has 0 amide bonds. The topological polar surface area (TPSA) is 35.0 Å². The number of methoxy groups -OCH3 is 1. The molecule has 12 heavy (non-hydrogen) atoms. The summed E-state index contributed by atoms with van der Waals surface area (Å²) in [5, 5.41) is 8.79. The van der Waals surface area contributed by atoms with E-state index in [2.05, 4.69) is 16.3 Å². The van der Waals surface area contributed by atoms with Crippen molar-refractivity contribution in [1.82, 2.24) is 10.2 Å². The largest absolute Gasteiger partial charge is 0.480 e. The summed E-state index contributed by atoms with van der Waals surface area (Å²) < 4.78 is 4.94. The number of hydrogen-bond acceptors (Lipinski definition) is 3. The van der Waals surface area contributed by atoms with Crippen LogP contribution in [0.4, 0.5) is 0 Å². The molecular weight excluding hydrogens is 152 g/mol. The molecule has 0 saturated carbocycles. The van der Waals surface area contributed by atoms with Crippen molar-refractivity contribution in [1.29, 1.82) is 0 Å². The van der Waals surface area contributed by atoms with Gasteiger partial charge in [0.2, 0.25) is 5.88 Å². The van der Waals surface area contributed by atoms with Gasteiger partial charge in [0, 0.05) is 11.5 Å². The third-order valence-electron chi connectivity index (χ3n) is 1.62. The molecule has 2 rings (SSSR count). The number of aromatic nitrogens is 2. The van der Waals surface area contributed by atoms with Crippen LogP contribution in [0.15, 0.2) is 24.3 Å². The quantitative estimate of drug-likeness (QED) is 0.631. The molecule has 2 aromatic rings. The number of ether oxygens (including phenoxy) is 1. The lowest BCUT2D eigenvalue weighted by Crippen LogP contribution is -1.90. The molecule has 0 bridgehead atoms. The van der Waals surface area contributed by atoms with E-state index in [9.17, 15) is 0 Å². The summed E-state index contributed by atoms with van der Waals surface area (Å²) in [4.78, 5) is 0. The van der Waals surface area contributed by atoms with Crippen LogP contribution in [-0.2, 0) is 0 Å². The van der Waals surface area contributed by atoms with Crippen molar-refractivity contribution in [2.24, 2.45) is 0 Å². The molecule has 3 heteroatoms. The molecule has 0 spiro atoms. The first-order valence-corrected chi connectivity index (χ1v) is 3.57. The van der Waals surface area contributed by atoms with Crippen LogP contribution in [0, 0.1) is 6.07 Å². The Morgan fingerprint density at radius 2 is 2.33 bits per heavy atom. The zero-order valence-electron chi connectivity index (χ0n) is 6.61. The maximum atomic E-state index is 4.94. The Balaban J connectivity index is 2.67. The molecule has 1 aromatic carbocycles. The van der Waals surface area contributed by atoms with Gasteiger partial charge < -0.3 is 4.74 Å². The van der Waals surface area contributed by atoms with Crippen LogP contribution in [0.3, 0.4) is 0 Å². The van der Waals surface area contributed by atoms with Gasteiger partial charge in [0.15, 0.2) is 0 Å². The summed E-state index contributed by atoms with van der Waals surface area (Å²) >= 11 is 0. The standard InChI is InChI=1S/C9H7N2O/c1-12-9-6-7-4-2-3-5-8(7)10-11-9/h2,4-6H,1H3. The van der Waals surface area contributed by atoms with E-state index in [1.807, 2.05) is 18.2 Å². The highest BCUT2D eigenvalue weighted by Crippen LogP contribution is 2.13. The second-order valence-corrected chi connectivity index (χ2v) is 2.37. The Hall–Kier alpha value is -1.64. The smallest absolute Gasteiger partial charge is 0.233 e. The van der Waals surface area contributed by atoms with Crippen molar-refractivity contribution in [3.8, 4) is 5.88 Å². The van der Waals surface area contributed by atoms with E-state index >= 15 is 0 Å². The normalized spacial score (nSPS) is 10.1. The van der Waals surface area contributed by atoms with E-state index in [1.54, 1.807) is 13.2 Å². The minimum atomic E-state index is 0.536. The molecule has 1 heterocycles. The molecule has 0 fully saturated rings. The van der Waals surface area contributed by atoms with E-state index in [0.29, 0.717) is 5.88 Å². The van der Waals surface area contributed by atoms with Gasteiger partial charge in [-0.25, -0.2) is 0 Å². The Labute approximate surface area is 70.0 Å². The van der Waals surface area contributed by atoms with Crippen LogP contribution in [0.25, 0.3) is 10.9 Å². The molecule has 59 valence electrons. The van der Waals surface area contributed by atoms with Gasteiger partial charge in [0.1, 0.15) is 0 Å². The van der Waals surface area contributed by atoms with Gasteiger partial charge in [-0.15, -0.1) is 10.2 Å². The van der Waals surface area contributed by atoms with E-state index < -0.39 is 0 Å². The highest BCUT2D eigenvalue weighted by Gasteiger charge is 1.96. The Morgan fingerprint density at radius 1 is 1.42 bits per heavy atom. The first kappa shape index (κ1) is 7.03. The first-order chi connectivity index (χ1) is 5.90. The molecule has 0 saturated heterocycles. The fraction of sp³-hybridized carbons (Fsp3) is 0.111. The third-order valence-corrected chi connectivity index (χ3v) is 1.62. The minimum absolute atomic E-state index is 0.536. The summed E-state index contributed by atoms with van der Waals surface area (Å²) in [6.07, 6.45) is 0. The molecule has 0 aliphatic rings. The predicted octanol–water partition coefficient (Wildman–Crippen LogP) is 1.44. The number of nitrogens with zero attached hydrogens (tertiary/aromatic N) is 2. The SMILES string of the molecule is COc1cc2cc[c]cc2nn1. The van der Waals surface area contributed by atoms with Crippen LogP contribution in [-0.4, -0.2) is 17.3 Å². The second kappa shape index (κ2) is 2.77. The molecule has 0 aliphatic carbocycles. The zero-order chi connectivity index (χ0) is 8.39. The summed E-state index contributed by atoms with van der Waals surface area (Å²) in [5.41, 5.74) is 0.832. The monoisotopic (exact) mass is 159 g/mol. The fourth-order valence-corrected chi connectivity index (χ4v) is 1.01. The van der Waals surface area contributed by atoms with Gasteiger partial charge in [-0.1, -0.05) is 12.1 Å². The van der Waals surface area contributed by atoms with Crippen molar-refractivity contribution in [3.05, 3.63) is 30.3 Å². The lowest BCUT2D eigenvalue weighted by atomic mass is 10.2. The average Bonchev–Trinajstić information content (AvgIpc) is 2.17. The van der Waals surface area contributed by atoms with Gasteiger partial charge in [-0.2, -0.15) is 0 Å². The highest BCUT2D eigenvalue weighted by molar-refractivity contribution is 5.78. The first-order valence-electron chi connectivity index (χ1n) is 3.57. The van der Waals surface area contributed by atoms with Crippen LogP contribution in [0.5, 0.6) is 5.88 Å². The number of fused-ring (bicyclic) bond motifs is 1. The van der Waals surface area contributed by atoms with Crippen molar-refractivity contribution in [3.63, 3.8) is 0 Å². The molecule has 1 aromatic heterocycles. The Morgan fingerprint density at radius 3 is 3.17 bits per heavy atom. The lowest BCUT2D eigenvalue weighted by molar-refractivity contribution is 0.393. The van der Waals surface area contributed by atoms with Gasteiger partial charge in [-0.3, -0.25) is 0 Å². The van der Waals surface area contributed by atoms with Crippen molar-refractivity contribution < 1.29 is 4.74 Å². The summed E-state index contributed by atoms with van der Waals surface area (Å²) in [6, 6.07) is 10.3. The van der Waals surface area contributed by atoms with E-state index in [0.717, 1.165) is 10.9 Å². The molecule has 0 N–H and O–H groups in total. The number of rotatable bonds is 1. The molecule has 0 unspecified atom stereocenters. The van der Waals surface area contributed by atoms with Gasteiger partial charge in [0.25, 0.3) is 0 Å². The van der Waals surface area contributed by atoms with Crippen molar-refractivity contribution in [2.75, 3.05) is 7.11 Å². The van der Waals surface area contributed by atoms with Crippen LogP contribution in [0.2, 0.25) is 0 Å². The number of hydrogen-bond donors (Lipinski definition) is 0. The summed E-state index contributed by atoms with van der Waals surface area (Å²) in [6.45, 7) is 0. The third kappa shape index (κ3) is 1.09. The van der Waals surface area contributed by atoms with E-state index in [-0.39, 0.29) is 0 Å². The summed E-state index contributed by atoms with van der Waals surface area (Å²) in [5.74, 6) is 0.536. The van der Waals surface area contributed by atoms with Crippen molar-refractivity contribution >= 4 is 10.9 Å². The molecule has 3 nitrogen and oxygen atoms in total. The highest BCUT2D eigenvalue weighted by atomic mass is 16.5. The predicted molar refractivity (Wildman–Crippen MR) is 44.9 cm³/mol. The molecule has 0 atom stereocenters. The van der Waals surface area contributed by atoms with Crippen LogP contribution in [0.1, 0.15) is 0 Å². The van der Waals surface area contributed by atoms with E-state index in [4.69, 9.17) is 4.74 Å². The molecule has 1 radical (unpaired) electrons. The van der Waals surface area contributed by atoms with Crippen LogP contribution >= 0.6 is 0 Å². The molecule has 0 aliphatic heterocycles. The second-order valence-electron chi connectivity index (χ2n) is 2.37. The van der Waals surface area contributed by atoms with E-state index in [1.165, 1.54) is 0 Å². The molecular formula is C9H7N2O. The fourth-order valence-electron chi connectivity index (χ4n) is 1.01. The number of benzene rings is 1. The summed E-state index contributed by atoms with van der Waals surface area (Å²) in [7, 11) is 1.57. The van der Waals surface area contributed by atoms with Gasteiger partial charge in [-0.05, 0) is 12.1 Å². The maximum absolute atomic E-state index is 4.94. The van der Waals surface area contributed by atoms with Gasteiger partial charge in [0.05, 0.1) is 12.6 Å².